The number of hydrogen-bond acceptors (Lipinski definition) is 1. The largest absolute Gasteiger partial charge is 0.375 e. The molecule has 0 unspecified atom stereocenters. The molecule has 1 heteroatoms. The van der Waals surface area contributed by atoms with Crippen molar-refractivity contribution in [2.24, 2.45) is 0 Å². The van der Waals surface area contributed by atoms with Crippen LogP contribution in [-0.2, 0) is 0 Å². The van der Waals surface area contributed by atoms with Crippen LogP contribution in [0.5, 0.6) is 0 Å². The molecule has 1 aliphatic heterocycles. The lowest BCUT2D eigenvalue weighted by atomic mass is 10.3. The summed E-state index contributed by atoms with van der Waals surface area (Å²) in [6.45, 7) is 6.94. The van der Waals surface area contributed by atoms with Crippen molar-refractivity contribution in [1.82, 2.24) is 4.90 Å². The Balaban J connectivity index is 2.45. The zero-order valence-corrected chi connectivity index (χ0v) is 7.06. The van der Waals surface area contributed by atoms with E-state index in [1.807, 2.05) is 0 Å². The molecule has 0 aromatic heterocycles. The molecule has 0 atom stereocenters. The van der Waals surface area contributed by atoms with Gasteiger partial charge in [0, 0.05) is 18.8 Å². The third kappa shape index (κ3) is 1.53. The fourth-order valence-corrected chi connectivity index (χ4v) is 1.61. The predicted octanol–water partition coefficient (Wildman–Crippen LogP) is 2.40. The van der Waals surface area contributed by atoms with Crippen molar-refractivity contribution in [3.63, 3.8) is 0 Å². The van der Waals surface area contributed by atoms with Crippen LogP contribution in [0.1, 0.15) is 33.1 Å². The Kier molecular flexibility index (Phi) is 2.79. The Morgan fingerprint density at radius 2 is 2.00 bits per heavy atom. The molecule has 58 valence electrons. The van der Waals surface area contributed by atoms with Crippen LogP contribution in [0.25, 0.3) is 0 Å². The summed E-state index contributed by atoms with van der Waals surface area (Å²) in [5, 5.41) is 0. The first-order chi connectivity index (χ1) is 4.88. The van der Waals surface area contributed by atoms with Crippen LogP contribution in [0, 0.1) is 0 Å². The molecule has 1 nitrogen and oxygen atoms in total. The summed E-state index contributed by atoms with van der Waals surface area (Å²) in [5.41, 5.74) is 1.53. The first kappa shape index (κ1) is 7.64. The van der Waals surface area contributed by atoms with E-state index in [1.165, 1.54) is 38.0 Å². The van der Waals surface area contributed by atoms with Crippen LogP contribution in [0.3, 0.4) is 0 Å². The smallest absolute Gasteiger partial charge is 0.0175 e. The maximum Gasteiger partial charge on any atom is 0.0175 e. The van der Waals surface area contributed by atoms with Crippen molar-refractivity contribution < 1.29 is 0 Å². The van der Waals surface area contributed by atoms with E-state index in [0.717, 1.165) is 0 Å². The van der Waals surface area contributed by atoms with Gasteiger partial charge in [0.05, 0.1) is 0 Å². The second-order valence-corrected chi connectivity index (χ2v) is 2.83. The molecule has 1 rings (SSSR count). The molecule has 1 heterocycles. The molecule has 10 heavy (non-hydrogen) atoms. The average molecular weight is 139 g/mol. The fourth-order valence-electron chi connectivity index (χ4n) is 1.61. The summed E-state index contributed by atoms with van der Waals surface area (Å²) in [5.74, 6) is 0. The summed E-state index contributed by atoms with van der Waals surface area (Å²) in [6, 6.07) is 0. The van der Waals surface area contributed by atoms with Crippen LogP contribution < -0.4 is 0 Å². The van der Waals surface area contributed by atoms with Gasteiger partial charge in [0.1, 0.15) is 0 Å². The van der Waals surface area contributed by atoms with E-state index >= 15 is 0 Å². The maximum absolute atomic E-state index is 2.50. The quantitative estimate of drug-likeness (QED) is 0.568. The van der Waals surface area contributed by atoms with E-state index in [9.17, 15) is 0 Å². The van der Waals surface area contributed by atoms with E-state index in [0.29, 0.717) is 0 Å². The standard InChI is InChI=1S/C9H17N/c1-3-9(4-2)10-7-5-6-8-10/h3H,4-8H2,1-2H3. The Bertz CT molecular complexity index is 121. The molecule has 0 bridgehead atoms. The highest BCUT2D eigenvalue weighted by Gasteiger charge is 2.11. The number of likely N-dealkylation sites (tertiary alicyclic amines) is 1. The molecule has 0 N–H and O–H groups in total. The third-order valence-corrected chi connectivity index (χ3v) is 2.21. The topological polar surface area (TPSA) is 3.24 Å². The minimum Gasteiger partial charge on any atom is -0.375 e. The van der Waals surface area contributed by atoms with E-state index < -0.39 is 0 Å². The van der Waals surface area contributed by atoms with Crippen molar-refractivity contribution in [1.29, 1.82) is 0 Å². The van der Waals surface area contributed by atoms with Gasteiger partial charge in [0.25, 0.3) is 0 Å². The molecule has 0 aliphatic carbocycles. The van der Waals surface area contributed by atoms with Crippen LogP contribution in [0.4, 0.5) is 0 Å². The van der Waals surface area contributed by atoms with Gasteiger partial charge in [-0.1, -0.05) is 13.0 Å². The molecular weight excluding hydrogens is 122 g/mol. The van der Waals surface area contributed by atoms with Gasteiger partial charge in [-0.15, -0.1) is 0 Å². The summed E-state index contributed by atoms with van der Waals surface area (Å²) in [7, 11) is 0. The zero-order chi connectivity index (χ0) is 7.40. The molecule has 0 amide bonds. The third-order valence-electron chi connectivity index (χ3n) is 2.21. The molecule has 1 fully saturated rings. The first-order valence-corrected chi connectivity index (χ1v) is 4.28. The highest BCUT2D eigenvalue weighted by molar-refractivity contribution is 5.00. The lowest BCUT2D eigenvalue weighted by Gasteiger charge is -2.19. The van der Waals surface area contributed by atoms with E-state index in [2.05, 4.69) is 24.8 Å². The zero-order valence-electron chi connectivity index (χ0n) is 7.06. The highest BCUT2D eigenvalue weighted by atomic mass is 15.1. The van der Waals surface area contributed by atoms with E-state index in [-0.39, 0.29) is 0 Å². The predicted molar refractivity (Wildman–Crippen MR) is 44.9 cm³/mol. The normalized spacial score (nSPS) is 20.2. The van der Waals surface area contributed by atoms with Crippen LogP contribution in [0.15, 0.2) is 11.8 Å². The lowest BCUT2D eigenvalue weighted by molar-refractivity contribution is 0.412. The molecule has 0 spiro atoms. The minimum absolute atomic E-state index is 1.19. The SMILES string of the molecule is CC=C(CC)N1CCCC1. The molecule has 1 aliphatic rings. The average Bonchev–Trinajstić information content (AvgIpc) is 2.43. The number of nitrogens with zero attached hydrogens (tertiary/aromatic N) is 1. The molecule has 1 saturated heterocycles. The van der Waals surface area contributed by atoms with Gasteiger partial charge in [-0.25, -0.2) is 0 Å². The summed E-state index contributed by atoms with van der Waals surface area (Å²) in [4.78, 5) is 2.50. The van der Waals surface area contributed by atoms with Crippen molar-refractivity contribution in [3.05, 3.63) is 11.8 Å². The number of hydrogen-bond donors (Lipinski definition) is 0. The molecule has 0 saturated carbocycles. The van der Waals surface area contributed by atoms with Gasteiger partial charge in [-0.05, 0) is 26.2 Å². The van der Waals surface area contributed by atoms with Gasteiger partial charge in [-0.2, -0.15) is 0 Å². The lowest BCUT2D eigenvalue weighted by Crippen LogP contribution is -2.17. The second-order valence-electron chi connectivity index (χ2n) is 2.83. The van der Waals surface area contributed by atoms with Crippen LogP contribution in [-0.4, -0.2) is 18.0 Å². The molecule has 0 aromatic rings. The molecule has 0 aromatic carbocycles. The molecule has 0 radical (unpaired) electrons. The number of rotatable bonds is 2. The Morgan fingerprint density at radius 1 is 1.40 bits per heavy atom. The summed E-state index contributed by atoms with van der Waals surface area (Å²) in [6.07, 6.45) is 6.20. The first-order valence-electron chi connectivity index (χ1n) is 4.28. The fraction of sp³-hybridized carbons (Fsp3) is 0.778. The Labute approximate surface area is 63.7 Å². The monoisotopic (exact) mass is 139 g/mol. The van der Waals surface area contributed by atoms with Gasteiger partial charge in [0.2, 0.25) is 0 Å². The Morgan fingerprint density at radius 3 is 2.40 bits per heavy atom. The summed E-state index contributed by atoms with van der Waals surface area (Å²) >= 11 is 0. The maximum atomic E-state index is 2.50. The van der Waals surface area contributed by atoms with Crippen molar-refractivity contribution in [2.75, 3.05) is 13.1 Å². The Hall–Kier alpha value is -0.460. The minimum atomic E-state index is 1.19. The van der Waals surface area contributed by atoms with E-state index in [1.54, 1.807) is 0 Å². The van der Waals surface area contributed by atoms with Gasteiger partial charge in [0.15, 0.2) is 0 Å². The van der Waals surface area contributed by atoms with Gasteiger partial charge < -0.3 is 4.90 Å². The van der Waals surface area contributed by atoms with Crippen LogP contribution >= 0.6 is 0 Å². The number of allylic oxidation sites excluding steroid dienone is 2. The molecular formula is C9H17N. The second kappa shape index (κ2) is 3.65. The van der Waals surface area contributed by atoms with Gasteiger partial charge in [-0.3, -0.25) is 0 Å². The van der Waals surface area contributed by atoms with Crippen molar-refractivity contribution in [3.8, 4) is 0 Å². The highest BCUT2D eigenvalue weighted by Crippen LogP contribution is 2.16. The van der Waals surface area contributed by atoms with Crippen molar-refractivity contribution >= 4 is 0 Å². The van der Waals surface area contributed by atoms with Crippen molar-refractivity contribution in [2.45, 2.75) is 33.1 Å². The van der Waals surface area contributed by atoms with E-state index in [4.69, 9.17) is 0 Å². The van der Waals surface area contributed by atoms with Crippen LogP contribution in [0.2, 0.25) is 0 Å². The van der Waals surface area contributed by atoms with Gasteiger partial charge >= 0.3 is 0 Å². The summed E-state index contributed by atoms with van der Waals surface area (Å²) < 4.78 is 0.